The Kier molecular flexibility index (Phi) is 4.43. The summed E-state index contributed by atoms with van der Waals surface area (Å²) >= 11 is 0. The Bertz CT molecular complexity index is 438. The van der Waals surface area contributed by atoms with Crippen LogP contribution in [-0.4, -0.2) is 38.7 Å². The number of anilines is 1. The number of carbonyl (C=O) groups is 1. The van der Waals surface area contributed by atoms with Gasteiger partial charge in [-0.05, 0) is 6.07 Å². The van der Waals surface area contributed by atoms with Crippen molar-refractivity contribution in [2.24, 2.45) is 5.92 Å². The van der Waals surface area contributed by atoms with E-state index in [1.807, 2.05) is 12.1 Å². The lowest BCUT2D eigenvalue weighted by Crippen LogP contribution is -3.15. The second kappa shape index (κ2) is 6.06. The van der Waals surface area contributed by atoms with E-state index >= 15 is 0 Å². The molecule has 4 nitrogen and oxygen atoms in total. The molecule has 0 radical (unpaired) electrons. The lowest BCUT2D eigenvalue weighted by atomic mass is 10.1. The standard InChI is InChI=1S/C15H22N2O2/c1-12(2)11-16-7-9-17(10-8-16)14-6-4-3-5-13(14)15(18)19/h3-6,12H,7-11H2,1-2H3,(H,18,19). The minimum atomic E-state index is -1.09. The molecule has 1 fully saturated rings. The predicted molar refractivity (Wildman–Crippen MR) is 73.4 cm³/mol. The maximum absolute atomic E-state index is 11.1. The van der Waals surface area contributed by atoms with Crippen LogP contribution in [0.25, 0.3) is 0 Å². The van der Waals surface area contributed by atoms with Gasteiger partial charge in [0.1, 0.15) is 0 Å². The van der Waals surface area contributed by atoms with Gasteiger partial charge >= 0.3 is 0 Å². The molecule has 0 atom stereocenters. The SMILES string of the molecule is CC(C)C[NH+]1CCN(c2ccccc2C(=O)[O-])CC1. The Morgan fingerprint density at radius 3 is 2.53 bits per heavy atom. The van der Waals surface area contributed by atoms with E-state index in [1.54, 1.807) is 17.0 Å². The first-order valence-corrected chi connectivity index (χ1v) is 6.97. The van der Waals surface area contributed by atoms with Gasteiger partial charge in [0.15, 0.2) is 0 Å². The molecule has 19 heavy (non-hydrogen) atoms. The molecule has 0 amide bonds. The van der Waals surface area contributed by atoms with Crippen LogP contribution < -0.4 is 14.9 Å². The van der Waals surface area contributed by atoms with Gasteiger partial charge in [0, 0.05) is 17.2 Å². The van der Waals surface area contributed by atoms with Gasteiger partial charge in [-0.3, -0.25) is 0 Å². The van der Waals surface area contributed by atoms with Crippen LogP contribution in [0.5, 0.6) is 0 Å². The molecule has 1 saturated heterocycles. The Balaban J connectivity index is 2.04. The molecule has 0 spiro atoms. The van der Waals surface area contributed by atoms with Crippen molar-refractivity contribution in [3.63, 3.8) is 0 Å². The largest absolute Gasteiger partial charge is 0.545 e. The highest BCUT2D eigenvalue weighted by Gasteiger charge is 2.22. The number of carbonyl (C=O) groups excluding carboxylic acids is 1. The number of carboxylic acid groups (broad SMARTS) is 1. The summed E-state index contributed by atoms with van der Waals surface area (Å²) in [6, 6.07) is 7.13. The van der Waals surface area contributed by atoms with Gasteiger partial charge in [0.2, 0.25) is 0 Å². The van der Waals surface area contributed by atoms with Crippen molar-refractivity contribution in [2.45, 2.75) is 13.8 Å². The number of piperazine rings is 1. The molecule has 0 aliphatic carbocycles. The first-order chi connectivity index (χ1) is 9.08. The van der Waals surface area contributed by atoms with Crippen molar-refractivity contribution in [1.82, 2.24) is 0 Å². The third-order valence-corrected chi connectivity index (χ3v) is 3.63. The van der Waals surface area contributed by atoms with E-state index in [4.69, 9.17) is 0 Å². The number of para-hydroxylation sites is 1. The Morgan fingerprint density at radius 1 is 1.32 bits per heavy atom. The van der Waals surface area contributed by atoms with Crippen LogP contribution in [0.15, 0.2) is 24.3 Å². The van der Waals surface area contributed by atoms with Gasteiger partial charge in [-0.2, -0.15) is 0 Å². The predicted octanol–water partition coefficient (Wildman–Crippen LogP) is -0.589. The van der Waals surface area contributed by atoms with Crippen LogP contribution in [-0.2, 0) is 0 Å². The molecule has 1 aliphatic heterocycles. The molecule has 0 aromatic heterocycles. The highest BCUT2D eigenvalue weighted by Crippen LogP contribution is 2.19. The fourth-order valence-electron chi connectivity index (χ4n) is 2.77. The fourth-order valence-corrected chi connectivity index (χ4v) is 2.77. The minimum absolute atomic E-state index is 0.301. The molecule has 1 aromatic carbocycles. The van der Waals surface area contributed by atoms with Gasteiger partial charge in [0.05, 0.1) is 38.7 Å². The number of benzene rings is 1. The summed E-state index contributed by atoms with van der Waals surface area (Å²) in [6.07, 6.45) is 0. The molecule has 1 heterocycles. The molecule has 1 aliphatic rings. The van der Waals surface area contributed by atoms with Crippen LogP contribution >= 0.6 is 0 Å². The Labute approximate surface area is 114 Å². The monoisotopic (exact) mass is 262 g/mol. The van der Waals surface area contributed by atoms with Crippen LogP contribution in [0.2, 0.25) is 0 Å². The van der Waals surface area contributed by atoms with Crippen molar-refractivity contribution >= 4 is 11.7 Å². The summed E-state index contributed by atoms with van der Waals surface area (Å²) in [6.45, 7) is 9.63. The highest BCUT2D eigenvalue weighted by molar-refractivity contribution is 5.93. The topological polar surface area (TPSA) is 47.8 Å². The molecule has 0 unspecified atom stereocenters. The zero-order valence-electron chi connectivity index (χ0n) is 11.7. The second-order valence-electron chi connectivity index (χ2n) is 5.64. The van der Waals surface area contributed by atoms with Gasteiger partial charge < -0.3 is 19.7 Å². The van der Waals surface area contributed by atoms with E-state index < -0.39 is 5.97 Å². The van der Waals surface area contributed by atoms with Crippen molar-refractivity contribution < 1.29 is 14.8 Å². The number of aromatic carboxylic acids is 1. The first-order valence-electron chi connectivity index (χ1n) is 6.97. The number of hydrogen-bond acceptors (Lipinski definition) is 3. The van der Waals surface area contributed by atoms with E-state index in [2.05, 4.69) is 18.7 Å². The Hall–Kier alpha value is -1.55. The third kappa shape index (κ3) is 3.47. The van der Waals surface area contributed by atoms with Crippen molar-refractivity contribution in [3.8, 4) is 0 Å². The van der Waals surface area contributed by atoms with Crippen LogP contribution in [0.4, 0.5) is 5.69 Å². The lowest BCUT2D eigenvalue weighted by Gasteiger charge is -2.35. The molecular formula is C15H22N2O2. The summed E-state index contributed by atoms with van der Waals surface area (Å²) in [5.74, 6) is -0.385. The molecule has 4 heteroatoms. The van der Waals surface area contributed by atoms with Gasteiger partial charge in [-0.1, -0.05) is 32.0 Å². The van der Waals surface area contributed by atoms with Crippen molar-refractivity contribution in [1.29, 1.82) is 0 Å². The molecular weight excluding hydrogens is 240 g/mol. The number of quaternary nitrogens is 1. The average molecular weight is 262 g/mol. The zero-order chi connectivity index (χ0) is 13.8. The fraction of sp³-hybridized carbons (Fsp3) is 0.533. The maximum atomic E-state index is 11.1. The molecule has 104 valence electrons. The highest BCUT2D eigenvalue weighted by atomic mass is 16.4. The van der Waals surface area contributed by atoms with Gasteiger partial charge in [-0.25, -0.2) is 0 Å². The smallest absolute Gasteiger partial charge is 0.0949 e. The van der Waals surface area contributed by atoms with E-state index in [0.717, 1.165) is 31.9 Å². The average Bonchev–Trinajstić information content (AvgIpc) is 2.39. The number of nitrogens with zero attached hydrogens (tertiary/aromatic N) is 1. The molecule has 0 saturated carbocycles. The van der Waals surface area contributed by atoms with Gasteiger partial charge in [-0.15, -0.1) is 0 Å². The van der Waals surface area contributed by atoms with Crippen LogP contribution in [0, 0.1) is 5.92 Å². The summed E-state index contributed by atoms with van der Waals surface area (Å²) < 4.78 is 0. The van der Waals surface area contributed by atoms with Crippen LogP contribution in [0.3, 0.4) is 0 Å². The third-order valence-electron chi connectivity index (χ3n) is 3.63. The van der Waals surface area contributed by atoms with Gasteiger partial charge in [0.25, 0.3) is 0 Å². The van der Waals surface area contributed by atoms with Crippen LogP contribution in [0.1, 0.15) is 24.2 Å². The van der Waals surface area contributed by atoms with Crippen molar-refractivity contribution in [3.05, 3.63) is 29.8 Å². The number of rotatable bonds is 4. The Morgan fingerprint density at radius 2 is 1.95 bits per heavy atom. The van der Waals surface area contributed by atoms with E-state index in [0.29, 0.717) is 11.5 Å². The lowest BCUT2D eigenvalue weighted by molar-refractivity contribution is -0.903. The summed E-state index contributed by atoms with van der Waals surface area (Å²) in [4.78, 5) is 14.9. The molecule has 1 N–H and O–H groups in total. The molecule has 1 aromatic rings. The zero-order valence-corrected chi connectivity index (χ0v) is 11.7. The summed E-state index contributed by atoms with van der Waals surface area (Å²) in [5.41, 5.74) is 1.10. The minimum Gasteiger partial charge on any atom is -0.545 e. The second-order valence-corrected chi connectivity index (χ2v) is 5.64. The normalized spacial score (nSPS) is 16.9. The van der Waals surface area contributed by atoms with E-state index in [-0.39, 0.29) is 0 Å². The quantitative estimate of drug-likeness (QED) is 0.789. The number of nitrogens with one attached hydrogen (secondary N) is 1. The van der Waals surface area contributed by atoms with Crippen molar-refractivity contribution in [2.75, 3.05) is 37.6 Å². The van der Waals surface area contributed by atoms with E-state index in [1.165, 1.54) is 6.54 Å². The maximum Gasteiger partial charge on any atom is 0.0949 e. The summed E-state index contributed by atoms with van der Waals surface area (Å²) in [7, 11) is 0. The summed E-state index contributed by atoms with van der Waals surface area (Å²) in [5, 5.41) is 11.1. The molecule has 0 bridgehead atoms. The molecule has 2 rings (SSSR count). The first kappa shape index (κ1) is 13.9. The number of carboxylic acids is 1. The number of hydrogen-bond donors (Lipinski definition) is 1. The van der Waals surface area contributed by atoms with E-state index in [9.17, 15) is 9.90 Å².